The van der Waals surface area contributed by atoms with Crippen LogP contribution in [0, 0.1) is 5.82 Å². The number of carbonyl (C=O) groups is 2. The van der Waals surface area contributed by atoms with E-state index >= 15 is 0 Å². The van der Waals surface area contributed by atoms with E-state index in [9.17, 15) is 14.0 Å². The summed E-state index contributed by atoms with van der Waals surface area (Å²) in [6, 6.07) is 13.7. The molecule has 32 heavy (non-hydrogen) atoms. The topological polar surface area (TPSA) is 67.9 Å². The van der Waals surface area contributed by atoms with Crippen LogP contribution in [0.2, 0.25) is 0 Å². The number of hydrogen-bond donors (Lipinski definition) is 1. The minimum Gasteiger partial charge on any atom is -0.452 e. The maximum absolute atomic E-state index is 13.8. The second kappa shape index (κ2) is 9.69. The number of rotatable bonds is 6. The number of esters is 1. The summed E-state index contributed by atoms with van der Waals surface area (Å²) in [6.45, 7) is 4.65. The zero-order chi connectivity index (χ0) is 22.6. The molecule has 1 amide bonds. The highest BCUT2D eigenvalue weighted by atomic mass is 19.1. The van der Waals surface area contributed by atoms with E-state index in [0.717, 1.165) is 31.6 Å². The zero-order valence-corrected chi connectivity index (χ0v) is 18.3. The van der Waals surface area contributed by atoms with Crippen LogP contribution in [0.3, 0.4) is 0 Å². The molecule has 0 radical (unpaired) electrons. The summed E-state index contributed by atoms with van der Waals surface area (Å²) in [5.41, 5.74) is 1.43. The van der Waals surface area contributed by atoms with Crippen molar-refractivity contribution >= 4 is 23.3 Å². The molecule has 4 rings (SSSR count). The number of morpholine rings is 1. The molecule has 2 fully saturated rings. The van der Waals surface area contributed by atoms with Crippen LogP contribution in [0.5, 0.6) is 0 Å². The summed E-state index contributed by atoms with van der Waals surface area (Å²) in [6.07, 6.45) is 1.94. The minimum absolute atomic E-state index is 0.382. The van der Waals surface area contributed by atoms with Gasteiger partial charge in [-0.3, -0.25) is 9.59 Å². The Morgan fingerprint density at radius 3 is 2.44 bits per heavy atom. The predicted molar refractivity (Wildman–Crippen MR) is 120 cm³/mol. The first-order valence-corrected chi connectivity index (χ1v) is 11.2. The number of benzene rings is 2. The Morgan fingerprint density at radius 1 is 1.09 bits per heavy atom. The maximum atomic E-state index is 13.8. The molecule has 2 aliphatic rings. The molecule has 1 aliphatic heterocycles. The van der Waals surface area contributed by atoms with Crippen molar-refractivity contribution in [1.82, 2.24) is 0 Å². The Morgan fingerprint density at radius 2 is 1.78 bits per heavy atom. The first-order valence-electron chi connectivity index (χ1n) is 11.2. The van der Waals surface area contributed by atoms with Gasteiger partial charge in [-0.25, -0.2) is 4.39 Å². The Hall–Kier alpha value is -2.93. The number of ether oxygens (including phenoxy) is 2. The fourth-order valence-electron chi connectivity index (χ4n) is 4.52. The number of anilines is 2. The normalized spacial score (nSPS) is 18.8. The van der Waals surface area contributed by atoms with E-state index in [0.29, 0.717) is 37.3 Å². The molecule has 1 aliphatic carbocycles. The molecule has 7 heteroatoms. The van der Waals surface area contributed by atoms with Gasteiger partial charge in [0.25, 0.3) is 5.91 Å². The highest BCUT2D eigenvalue weighted by Crippen LogP contribution is 2.42. The molecule has 1 saturated carbocycles. The summed E-state index contributed by atoms with van der Waals surface area (Å²) in [7, 11) is 0. The van der Waals surface area contributed by atoms with E-state index in [1.165, 1.54) is 12.1 Å². The summed E-state index contributed by atoms with van der Waals surface area (Å²) in [5.74, 6) is -1.25. The molecule has 1 atom stereocenters. The predicted octanol–water partition coefficient (Wildman–Crippen LogP) is 4.04. The first-order chi connectivity index (χ1) is 15.5. The van der Waals surface area contributed by atoms with E-state index in [1.807, 2.05) is 24.3 Å². The van der Waals surface area contributed by atoms with Gasteiger partial charge >= 0.3 is 5.97 Å². The van der Waals surface area contributed by atoms with Gasteiger partial charge in [-0.05, 0) is 61.7 Å². The first kappa shape index (κ1) is 22.3. The quantitative estimate of drug-likeness (QED) is 0.687. The number of halogens is 1. The Bertz CT molecular complexity index is 951. The number of nitrogens with zero attached hydrogens (tertiary/aromatic N) is 1. The van der Waals surface area contributed by atoms with Gasteiger partial charge < -0.3 is 19.7 Å². The van der Waals surface area contributed by atoms with Crippen molar-refractivity contribution in [3.8, 4) is 0 Å². The summed E-state index contributed by atoms with van der Waals surface area (Å²) < 4.78 is 24.8. The van der Waals surface area contributed by atoms with Crippen LogP contribution < -0.4 is 10.2 Å². The molecule has 170 valence electrons. The van der Waals surface area contributed by atoms with E-state index in [2.05, 4.69) is 10.2 Å². The molecule has 1 N–H and O–H groups in total. The number of amides is 1. The van der Waals surface area contributed by atoms with Gasteiger partial charge in [0, 0.05) is 24.5 Å². The van der Waals surface area contributed by atoms with Gasteiger partial charge in [0.05, 0.1) is 18.6 Å². The molecule has 6 nitrogen and oxygen atoms in total. The van der Waals surface area contributed by atoms with E-state index in [4.69, 9.17) is 9.47 Å². The molecule has 2 aromatic rings. The Labute approximate surface area is 187 Å². The molecule has 1 heterocycles. The van der Waals surface area contributed by atoms with Crippen molar-refractivity contribution < 1.29 is 23.5 Å². The van der Waals surface area contributed by atoms with Crippen LogP contribution in [0.1, 0.15) is 38.2 Å². The van der Waals surface area contributed by atoms with Crippen molar-refractivity contribution in [2.24, 2.45) is 0 Å². The Balaban J connectivity index is 1.39. The SMILES string of the molecule is C[C@@H](OC(=O)C1(c2cccc(F)c2)CCCC1)C(=O)Nc1ccc(N2CCOCC2)cc1. The monoisotopic (exact) mass is 440 g/mol. The van der Waals surface area contributed by atoms with Gasteiger partial charge in [0.1, 0.15) is 5.82 Å². The minimum atomic E-state index is -0.965. The lowest BCUT2D eigenvalue weighted by Crippen LogP contribution is -2.40. The summed E-state index contributed by atoms with van der Waals surface area (Å²) in [5, 5.41) is 2.81. The second-order valence-corrected chi connectivity index (χ2v) is 8.48. The van der Waals surface area contributed by atoms with Crippen LogP contribution in [-0.4, -0.2) is 44.3 Å². The summed E-state index contributed by atoms with van der Waals surface area (Å²) >= 11 is 0. The largest absolute Gasteiger partial charge is 0.452 e. The third-order valence-electron chi connectivity index (χ3n) is 6.39. The van der Waals surface area contributed by atoms with Crippen LogP contribution in [0.15, 0.2) is 48.5 Å². The van der Waals surface area contributed by atoms with Gasteiger partial charge in [0.2, 0.25) is 0 Å². The number of carbonyl (C=O) groups excluding carboxylic acids is 2. The van der Waals surface area contributed by atoms with Crippen LogP contribution in [-0.2, 0) is 24.5 Å². The fourth-order valence-corrected chi connectivity index (χ4v) is 4.52. The average molecular weight is 441 g/mol. The van der Waals surface area contributed by atoms with Gasteiger partial charge in [-0.15, -0.1) is 0 Å². The third kappa shape index (κ3) is 4.78. The summed E-state index contributed by atoms with van der Waals surface area (Å²) in [4.78, 5) is 28.0. The lowest BCUT2D eigenvalue weighted by Gasteiger charge is -2.29. The fraction of sp³-hybridized carbons (Fsp3) is 0.440. The molecular formula is C25H29FN2O4. The van der Waals surface area contributed by atoms with Crippen LogP contribution in [0.25, 0.3) is 0 Å². The van der Waals surface area contributed by atoms with Crippen molar-refractivity contribution in [2.45, 2.75) is 44.1 Å². The molecular weight excluding hydrogens is 411 g/mol. The van der Waals surface area contributed by atoms with Gasteiger partial charge in [-0.2, -0.15) is 0 Å². The van der Waals surface area contributed by atoms with Crippen LogP contribution in [0.4, 0.5) is 15.8 Å². The van der Waals surface area contributed by atoms with Gasteiger partial charge in [0.15, 0.2) is 6.10 Å². The van der Waals surface area contributed by atoms with Crippen molar-refractivity contribution in [3.63, 3.8) is 0 Å². The van der Waals surface area contributed by atoms with Crippen molar-refractivity contribution in [2.75, 3.05) is 36.5 Å². The lowest BCUT2D eigenvalue weighted by molar-refractivity contribution is -0.159. The standard InChI is InChI=1S/C25H29FN2O4/c1-18(23(29)27-21-7-9-22(10-8-21)28-13-15-31-16-14-28)32-24(30)25(11-2-3-12-25)19-5-4-6-20(26)17-19/h4-10,17-18H,2-3,11-16H2,1H3,(H,27,29)/t18-/m1/s1. The third-order valence-corrected chi connectivity index (χ3v) is 6.39. The van der Waals surface area contributed by atoms with Crippen molar-refractivity contribution in [1.29, 1.82) is 0 Å². The number of hydrogen-bond acceptors (Lipinski definition) is 5. The highest BCUT2D eigenvalue weighted by Gasteiger charge is 2.45. The molecule has 0 bridgehead atoms. The van der Waals surface area contributed by atoms with E-state index in [-0.39, 0.29) is 5.82 Å². The van der Waals surface area contributed by atoms with Gasteiger partial charge in [-0.1, -0.05) is 25.0 Å². The molecule has 2 aromatic carbocycles. The lowest BCUT2D eigenvalue weighted by atomic mass is 9.79. The molecule has 0 unspecified atom stereocenters. The maximum Gasteiger partial charge on any atom is 0.317 e. The molecule has 1 saturated heterocycles. The molecule has 0 spiro atoms. The second-order valence-electron chi connectivity index (χ2n) is 8.48. The highest BCUT2D eigenvalue weighted by molar-refractivity contribution is 5.96. The van der Waals surface area contributed by atoms with Crippen molar-refractivity contribution in [3.05, 3.63) is 59.9 Å². The zero-order valence-electron chi connectivity index (χ0n) is 18.3. The Kier molecular flexibility index (Phi) is 6.74. The smallest absolute Gasteiger partial charge is 0.317 e. The average Bonchev–Trinajstić information content (AvgIpc) is 3.31. The number of nitrogens with one attached hydrogen (secondary N) is 1. The van der Waals surface area contributed by atoms with E-state index < -0.39 is 23.4 Å². The molecule has 0 aromatic heterocycles. The van der Waals surface area contributed by atoms with Crippen LogP contribution >= 0.6 is 0 Å². The van der Waals surface area contributed by atoms with E-state index in [1.54, 1.807) is 19.1 Å².